The predicted molar refractivity (Wildman–Crippen MR) is 92.1 cm³/mol. The molecule has 1 saturated carbocycles. The Kier molecular flexibility index (Phi) is 6.46. The molecular formula is C18H26N2O4. The van der Waals surface area contributed by atoms with Crippen molar-refractivity contribution in [1.82, 2.24) is 0 Å². The van der Waals surface area contributed by atoms with Gasteiger partial charge in [0.2, 0.25) is 5.91 Å². The average molecular weight is 334 g/mol. The molecule has 2 amide bonds. The zero-order valence-corrected chi connectivity index (χ0v) is 14.3. The maximum atomic E-state index is 12.3. The molecule has 1 fully saturated rings. The molecule has 1 aliphatic carbocycles. The largest absolute Gasteiger partial charge is 0.493 e. The molecule has 132 valence electrons. The van der Waals surface area contributed by atoms with Crippen LogP contribution in [-0.2, 0) is 9.59 Å². The molecule has 0 bridgehead atoms. The van der Waals surface area contributed by atoms with Crippen molar-refractivity contribution < 1.29 is 19.1 Å². The first kappa shape index (κ1) is 18.1. The molecule has 0 saturated heterocycles. The molecule has 1 aliphatic rings. The van der Waals surface area contributed by atoms with E-state index in [-0.39, 0.29) is 12.5 Å². The average Bonchev–Trinajstić information content (AvgIpc) is 2.53. The van der Waals surface area contributed by atoms with Crippen LogP contribution in [0.15, 0.2) is 18.2 Å². The highest BCUT2D eigenvalue weighted by Crippen LogP contribution is 2.32. The quantitative estimate of drug-likeness (QED) is 0.802. The number of nitrogens with two attached hydrogens (primary N) is 1. The summed E-state index contributed by atoms with van der Waals surface area (Å²) in [7, 11) is 1.51. The fourth-order valence-electron chi connectivity index (χ4n) is 3.24. The van der Waals surface area contributed by atoms with Gasteiger partial charge < -0.3 is 20.5 Å². The van der Waals surface area contributed by atoms with E-state index in [1.54, 1.807) is 18.2 Å². The van der Waals surface area contributed by atoms with Gasteiger partial charge in [0.15, 0.2) is 18.1 Å². The van der Waals surface area contributed by atoms with Crippen LogP contribution < -0.4 is 20.5 Å². The third-order valence-electron chi connectivity index (χ3n) is 4.34. The summed E-state index contributed by atoms with van der Waals surface area (Å²) < 4.78 is 10.5. The molecule has 1 aromatic carbocycles. The lowest BCUT2D eigenvalue weighted by atomic mass is 9.81. The van der Waals surface area contributed by atoms with Crippen molar-refractivity contribution in [3.8, 4) is 11.5 Å². The number of carbonyl (C=O) groups is 2. The van der Waals surface area contributed by atoms with Gasteiger partial charge in [0.1, 0.15) is 0 Å². The summed E-state index contributed by atoms with van der Waals surface area (Å²) in [5.41, 5.74) is 5.71. The molecule has 6 nitrogen and oxygen atoms in total. The summed E-state index contributed by atoms with van der Waals surface area (Å²) in [5.74, 6) is 1.44. The van der Waals surface area contributed by atoms with Crippen molar-refractivity contribution in [2.24, 2.45) is 17.6 Å². The predicted octanol–water partition coefficient (Wildman–Crippen LogP) is 2.71. The van der Waals surface area contributed by atoms with Crippen LogP contribution in [0.25, 0.3) is 0 Å². The minimum atomic E-state index is -0.571. The number of anilines is 1. The SMILES string of the molecule is COc1ccc(NC(=O)C[C@@H]2CCC[C@H](C)C2)cc1OCC(N)=O. The highest BCUT2D eigenvalue weighted by molar-refractivity contribution is 5.91. The first-order chi connectivity index (χ1) is 11.5. The highest BCUT2D eigenvalue weighted by Gasteiger charge is 2.21. The molecule has 0 aliphatic heterocycles. The minimum Gasteiger partial charge on any atom is -0.493 e. The normalized spacial score (nSPS) is 20.2. The standard InChI is InChI=1S/C18H26N2O4/c1-12-4-3-5-13(8-12)9-18(22)20-14-6-7-15(23-2)16(10-14)24-11-17(19)21/h6-7,10,12-13H,3-5,8-9,11H2,1-2H3,(H2,19,21)(H,20,22)/t12-,13+/m0/s1. The number of amides is 2. The van der Waals surface area contributed by atoms with E-state index < -0.39 is 5.91 Å². The van der Waals surface area contributed by atoms with Crippen LogP contribution >= 0.6 is 0 Å². The van der Waals surface area contributed by atoms with Gasteiger partial charge in [-0.2, -0.15) is 0 Å². The van der Waals surface area contributed by atoms with E-state index in [2.05, 4.69) is 12.2 Å². The van der Waals surface area contributed by atoms with E-state index in [4.69, 9.17) is 15.2 Å². The maximum absolute atomic E-state index is 12.3. The summed E-state index contributed by atoms with van der Waals surface area (Å²) in [6.45, 7) is 2.00. The summed E-state index contributed by atoms with van der Waals surface area (Å²) in [6.07, 6.45) is 5.23. The molecule has 1 aromatic rings. The number of nitrogens with one attached hydrogen (secondary N) is 1. The molecular weight excluding hydrogens is 308 g/mol. The van der Waals surface area contributed by atoms with Crippen molar-refractivity contribution in [1.29, 1.82) is 0 Å². The monoisotopic (exact) mass is 334 g/mol. The van der Waals surface area contributed by atoms with Gasteiger partial charge in [0.05, 0.1) is 7.11 Å². The van der Waals surface area contributed by atoms with Gasteiger partial charge in [-0.25, -0.2) is 0 Å². The Bertz CT molecular complexity index is 588. The number of rotatable bonds is 7. The van der Waals surface area contributed by atoms with Crippen LogP contribution in [0.3, 0.4) is 0 Å². The number of ether oxygens (including phenoxy) is 2. The number of hydrogen-bond donors (Lipinski definition) is 2. The first-order valence-corrected chi connectivity index (χ1v) is 8.37. The van der Waals surface area contributed by atoms with Gasteiger partial charge in [-0.05, 0) is 36.8 Å². The molecule has 0 spiro atoms. The van der Waals surface area contributed by atoms with Crippen molar-refractivity contribution in [3.05, 3.63) is 18.2 Å². The number of benzene rings is 1. The Morgan fingerprint density at radius 1 is 1.29 bits per heavy atom. The third kappa shape index (κ3) is 5.44. The molecule has 3 N–H and O–H groups in total. The van der Waals surface area contributed by atoms with Gasteiger partial charge in [-0.15, -0.1) is 0 Å². The van der Waals surface area contributed by atoms with Crippen LogP contribution in [-0.4, -0.2) is 25.5 Å². The molecule has 0 radical (unpaired) electrons. The number of carbonyl (C=O) groups excluding carboxylic acids is 2. The molecule has 6 heteroatoms. The Labute approximate surface area is 142 Å². The lowest BCUT2D eigenvalue weighted by molar-refractivity contribution is -0.120. The van der Waals surface area contributed by atoms with Gasteiger partial charge >= 0.3 is 0 Å². The van der Waals surface area contributed by atoms with Crippen molar-refractivity contribution in [2.75, 3.05) is 19.0 Å². The van der Waals surface area contributed by atoms with Crippen LogP contribution in [0, 0.1) is 11.8 Å². The molecule has 0 unspecified atom stereocenters. The third-order valence-corrected chi connectivity index (χ3v) is 4.34. The van der Waals surface area contributed by atoms with Crippen LogP contribution in [0.1, 0.15) is 39.0 Å². The van der Waals surface area contributed by atoms with Gasteiger partial charge in [-0.3, -0.25) is 9.59 Å². The van der Waals surface area contributed by atoms with Crippen molar-refractivity contribution in [2.45, 2.75) is 39.0 Å². The number of methoxy groups -OCH3 is 1. The van der Waals surface area contributed by atoms with E-state index in [0.29, 0.717) is 35.4 Å². The van der Waals surface area contributed by atoms with E-state index in [9.17, 15) is 9.59 Å². The lowest BCUT2D eigenvalue weighted by Crippen LogP contribution is -2.21. The fraction of sp³-hybridized carbons (Fsp3) is 0.556. The van der Waals surface area contributed by atoms with E-state index in [1.165, 1.54) is 20.0 Å². The summed E-state index contributed by atoms with van der Waals surface area (Å²) >= 11 is 0. The smallest absolute Gasteiger partial charge is 0.255 e. The Hall–Kier alpha value is -2.24. The highest BCUT2D eigenvalue weighted by atomic mass is 16.5. The zero-order valence-electron chi connectivity index (χ0n) is 14.3. The van der Waals surface area contributed by atoms with E-state index in [0.717, 1.165) is 12.8 Å². The maximum Gasteiger partial charge on any atom is 0.255 e. The molecule has 24 heavy (non-hydrogen) atoms. The number of primary amides is 1. The Morgan fingerprint density at radius 2 is 2.08 bits per heavy atom. The van der Waals surface area contributed by atoms with Crippen LogP contribution in [0.2, 0.25) is 0 Å². The Morgan fingerprint density at radius 3 is 2.75 bits per heavy atom. The topological polar surface area (TPSA) is 90.7 Å². The second-order valence-electron chi connectivity index (χ2n) is 6.51. The van der Waals surface area contributed by atoms with Crippen molar-refractivity contribution >= 4 is 17.5 Å². The van der Waals surface area contributed by atoms with Crippen LogP contribution in [0.4, 0.5) is 5.69 Å². The zero-order chi connectivity index (χ0) is 17.5. The lowest BCUT2D eigenvalue weighted by Gasteiger charge is -2.26. The molecule has 2 rings (SSSR count). The Balaban J connectivity index is 1.96. The van der Waals surface area contributed by atoms with Crippen LogP contribution in [0.5, 0.6) is 11.5 Å². The van der Waals surface area contributed by atoms with Gasteiger partial charge in [0, 0.05) is 18.2 Å². The summed E-state index contributed by atoms with van der Waals surface area (Å²) in [6, 6.07) is 5.08. The van der Waals surface area contributed by atoms with Gasteiger partial charge in [0.25, 0.3) is 5.91 Å². The molecule has 2 atom stereocenters. The van der Waals surface area contributed by atoms with Gasteiger partial charge in [-0.1, -0.05) is 19.8 Å². The van der Waals surface area contributed by atoms with Crippen molar-refractivity contribution in [3.63, 3.8) is 0 Å². The molecule has 0 heterocycles. The second-order valence-corrected chi connectivity index (χ2v) is 6.51. The van der Waals surface area contributed by atoms with E-state index in [1.807, 2.05) is 0 Å². The molecule has 0 aromatic heterocycles. The number of hydrogen-bond acceptors (Lipinski definition) is 4. The summed E-state index contributed by atoms with van der Waals surface area (Å²) in [5, 5.41) is 2.89. The minimum absolute atomic E-state index is 0.000109. The summed E-state index contributed by atoms with van der Waals surface area (Å²) in [4.78, 5) is 23.1. The fourth-order valence-corrected chi connectivity index (χ4v) is 3.24. The van der Waals surface area contributed by atoms with E-state index >= 15 is 0 Å². The first-order valence-electron chi connectivity index (χ1n) is 8.37. The second kappa shape index (κ2) is 8.57.